The van der Waals surface area contributed by atoms with Crippen molar-refractivity contribution in [2.24, 2.45) is 5.92 Å². The summed E-state index contributed by atoms with van der Waals surface area (Å²) in [7, 11) is 0. The van der Waals surface area contributed by atoms with Gasteiger partial charge in [-0.15, -0.1) is 11.6 Å². The maximum absolute atomic E-state index is 13.7. The lowest BCUT2D eigenvalue weighted by Crippen LogP contribution is -2.49. The highest BCUT2D eigenvalue weighted by Gasteiger charge is 2.34. The minimum absolute atomic E-state index is 0.0829. The van der Waals surface area contributed by atoms with Crippen LogP contribution < -0.4 is 14.8 Å². The van der Waals surface area contributed by atoms with Gasteiger partial charge in [-0.25, -0.2) is 0 Å². The predicted octanol–water partition coefficient (Wildman–Crippen LogP) is 5.07. The van der Waals surface area contributed by atoms with Crippen molar-refractivity contribution < 1.29 is 19.1 Å². The van der Waals surface area contributed by atoms with Crippen LogP contribution in [0.1, 0.15) is 49.8 Å². The molecule has 6 nitrogen and oxygen atoms in total. The number of fused-ring (bicyclic) bond motifs is 1. The van der Waals surface area contributed by atoms with Crippen molar-refractivity contribution >= 4 is 35.0 Å². The molecule has 2 aromatic rings. The lowest BCUT2D eigenvalue weighted by Gasteiger charge is -2.35. The van der Waals surface area contributed by atoms with Crippen molar-refractivity contribution in [2.45, 2.75) is 51.2 Å². The van der Waals surface area contributed by atoms with Crippen LogP contribution in [0.15, 0.2) is 42.5 Å². The third-order valence-corrected chi connectivity index (χ3v) is 6.89. The van der Waals surface area contributed by atoms with Gasteiger partial charge in [0.2, 0.25) is 18.6 Å². The van der Waals surface area contributed by atoms with Crippen molar-refractivity contribution in [1.82, 2.24) is 10.2 Å². The van der Waals surface area contributed by atoms with E-state index in [0.29, 0.717) is 28.0 Å². The molecule has 0 spiro atoms. The van der Waals surface area contributed by atoms with E-state index >= 15 is 0 Å². The SMILES string of the molecule is C[C@@H]1CCCC[C@@H]1NC(=O)[C@H](c1ccc(Cl)cc1)N(Cc1ccc2c(c1)OCO2)C(=O)CCl. The highest BCUT2D eigenvalue weighted by Crippen LogP contribution is 2.34. The third-order valence-electron chi connectivity index (χ3n) is 6.41. The summed E-state index contributed by atoms with van der Waals surface area (Å²) in [5.74, 6) is 0.888. The Balaban J connectivity index is 1.66. The van der Waals surface area contributed by atoms with Crippen molar-refractivity contribution in [3.63, 3.8) is 0 Å². The molecule has 0 aromatic heterocycles. The molecule has 2 aromatic carbocycles. The van der Waals surface area contributed by atoms with Crippen molar-refractivity contribution in [3.05, 3.63) is 58.6 Å². The molecule has 1 aliphatic carbocycles. The molecular formula is C25H28Cl2N2O4. The number of nitrogens with one attached hydrogen (secondary N) is 1. The van der Waals surface area contributed by atoms with Crippen LogP contribution in [0.2, 0.25) is 5.02 Å². The van der Waals surface area contributed by atoms with Crippen molar-refractivity contribution in [1.29, 1.82) is 0 Å². The number of ether oxygens (including phenoxy) is 2. The first-order chi connectivity index (χ1) is 16.0. The molecule has 0 radical (unpaired) electrons. The number of carbonyl (C=O) groups excluding carboxylic acids is 2. The van der Waals surface area contributed by atoms with Gasteiger partial charge in [0.15, 0.2) is 11.5 Å². The van der Waals surface area contributed by atoms with E-state index in [0.717, 1.165) is 24.8 Å². The Hall–Kier alpha value is -2.44. The van der Waals surface area contributed by atoms with Crippen molar-refractivity contribution in [3.8, 4) is 11.5 Å². The number of alkyl halides is 1. The van der Waals surface area contributed by atoms with Gasteiger partial charge in [-0.05, 0) is 54.2 Å². The Morgan fingerprint density at radius 2 is 1.82 bits per heavy atom. The second-order valence-corrected chi connectivity index (χ2v) is 9.38. The van der Waals surface area contributed by atoms with E-state index < -0.39 is 6.04 Å². The van der Waals surface area contributed by atoms with Crippen LogP contribution in [0.3, 0.4) is 0 Å². The number of benzene rings is 2. The van der Waals surface area contributed by atoms with Gasteiger partial charge in [-0.2, -0.15) is 0 Å². The van der Waals surface area contributed by atoms with Crippen LogP contribution in [0, 0.1) is 5.92 Å². The van der Waals surface area contributed by atoms with Crippen LogP contribution in [-0.4, -0.2) is 35.4 Å². The largest absolute Gasteiger partial charge is 0.454 e. The first-order valence-corrected chi connectivity index (χ1v) is 12.2. The number of hydrogen-bond donors (Lipinski definition) is 1. The molecule has 0 bridgehead atoms. The Morgan fingerprint density at radius 3 is 2.55 bits per heavy atom. The minimum atomic E-state index is -0.840. The monoisotopic (exact) mass is 490 g/mol. The van der Waals surface area contributed by atoms with E-state index in [9.17, 15) is 9.59 Å². The Kier molecular flexibility index (Phi) is 7.66. The number of rotatable bonds is 7. The molecular weight excluding hydrogens is 463 g/mol. The molecule has 176 valence electrons. The molecule has 0 unspecified atom stereocenters. The fraction of sp³-hybridized carbons (Fsp3) is 0.440. The summed E-state index contributed by atoms with van der Waals surface area (Å²) in [5, 5.41) is 3.78. The van der Waals surface area contributed by atoms with Gasteiger partial charge in [0, 0.05) is 17.6 Å². The summed E-state index contributed by atoms with van der Waals surface area (Å²) < 4.78 is 10.9. The smallest absolute Gasteiger partial charge is 0.247 e. The first kappa shape index (κ1) is 23.7. The zero-order valence-electron chi connectivity index (χ0n) is 18.6. The van der Waals surface area contributed by atoms with Gasteiger partial charge < -0.3 is 19.7 Å². The zero-order valence-corrected chi connectivity index (χ0v) is 20.1. The normalized spacial score (nSPS) is 20.2. The highest BCUT2D eigenvalue weighted by atomic mass is 35.5. The van der Waals surface area contributed by atoms with Gasteiger partial charge >= 0.3 is 0 Å². The number of amides is 2. The average molecular weight is 491 g/mol. The fourth-order valence-electron chi connectivity index (χ4n) is 4.55. The standard InChI is InChI=1S/C25H28Cl2N2O4/c1-16-4-2-3-5-20(16)28-25(31)24(18-7-9-19(27)10-8-18)29(23(30)13-26)14-17-6-11-21-22(12-17)33-15-32-21/h6-12,16,20,24H,2-5,13-15H2,1H3,(H,28,31)/t16-,20+,24+/m1/s1. The molecule has 2 aliphatic rings. The molecule has 8 heteroatoms. The van der Waals surface area contributed by atoms with E-state index in [4.69, 9.17) is 32.7 Å². The molecule has 4 rings (SSSR count). The quantitative estimate of drug-likeness (QED) is 0.549. The highest BCUT2D eigenvalue weighted by molar-refractivity contribution is 6.30. The first-order valence-electron chi connectivity index (χ1n) is 11.3. The van der Waals surface area contributed by atoms with E-state index in [1.165, 1.54) is 11.3 Å². The number of halogens is 2. The molecule has 1 fully saturated rings. The Morgan fingerprint density at radius 1 is 1.09 bits per heavy atom. The second-order valence-electron chi connectivity index (χ2n) is 8.67. The topological polar surface area (TPSA) is 67.9 Å². The van der Waals surface area contributed by atoms with Gasteiger partial charge in [0.25, 0.3) is 0 Å². The number of nitrogens with zero attached hydrogens (tertiary/aromatic N) is 1. The third kappa shape index (κ3) is 5.56. The van der Waals surface area contributed by atoms with E-state index in [1.807, 2.05) is 18.2 Å². The van der Waals surface area contributed by atoms with Crippen LogP contribution >= 0.6 is 23.2 Å². The lowest BCUT2D eigenvalue weighted by atomic mass is 9.85. The average Bonchev–Trinajstić information content (AvgIpc) is 3.29. The van der Waals surface area contributed by atoms with Gasteiger partial charge in [0.05, 0.1) is 0 Å². The predicted molar refractivity (Wildman–Crippen MR) is 128 cm³/mol. The molecule has 0 saturated heterocycles. The molecule has 1 aliphatic heterocycles. The van der Waals surface area contributed by atoms with Crippen LogP contribution in [0.5, 0.6) is 11.5 Å². The van der Waals surface area contributed by atoms with E-state index in [2.05, 4.69) is 12.2 Å². The maximum Gasteiger partial charge on any atom is 0.247 e. The summed E-state index contributed by atoms with van der Waals surface area (Å²) in [5.41, 5.74) is 1.50. The Labute approximate surface area is 204 Å². The van der Waals surface area contributed by atoms with Crippen LogP contribution in [-0.2, 0) is 16.1 Å². The van der Waals surface area contributed by atoms with Gasteiger partial charge in [0.1, 0.15) is 11.9 Å². The van der Waals surface area contributed by atoms with Crippen molar-refractivity contribution in [2.75, 3.05) is 12.7 Å². The van der Waals surface area contributed by atoms with Crippen LogP contribution in [0.4, 0.5) is 0 Å². The zero-order chi connectivity index (χ0) is 23.4. The summed E-state index contributed by atoms with van der Waals surface area (Å²) in [4.78, 5) is 28.2. The van der Waals surface area contributed by atoms with Crippen LogP contribution in [0.25, 0.3) is 0 Å². The fourth-order valence-corrected chi connectivity index (χ4v) is 4.83. The maximum atomic E-state index is 13.7. The summed E-state index contributed by atoms with van der Waals surface area (Å²) in [6, 6.07) is 11.8. The lowest BCUT2D eigenvalue weighted by molar-refractivity contribution is -0.140. The summed E-state index contributed by atoms with van der Waals surface area (Å²) >= 11 is 12.1. The summed E-state index contributed by atoms with van der Waals surface area (Å²) in [6.07, 6.45) is 4.28. The molecule has 33 heavy (non-hydrogen) atoms. The molecule has 2 amide bonds. The molecule has 1 saturated carbocycles. The van der Waals surface area contributed by atoms with E-state index in [1.54, 1.807) is 24.3 Å². The van der Waals surface area contributed by atoms with Gasteiger partial charge in [-0.1, -0.05) is 49.6 Å². The Bertz CT molecular complexity index is 998. The summed E-state index contributed by atoms with van der Waals surface area (Å²) in [6.45, 7) is 2.53. The number of hydrogen-bond acceptors (Lipinski definition) is 4. The van der Waals surface area contributed by atoms with Gasteiger partial charge in [-0.3, -0.25) is 9.59 Å². The second kappa shape index (κ2) is 10.7. The number of carbonyl (C=O) groups is 2. The molecule has 1 heterocycles. The van der Waals surface area contributed by atoms with E-state index in [-0.39, 0.29) is 37.1 Å². The molecule has 3 atom stereocenters. The molecule has 1 N–H and O–H groups in total. The minimum Gasteiger partial charge on any atom is -0.454 e.